The lowest BCUT2D eigenvalue weighted by molar-refractivity contribution is -0.270. The van der Waals surface area contributed by atoms with Gasteiger partial charge in [-0.2, -0.15) is 18.3 Å². The maximum Gasteiger partial charge on any atom is 0.431 e. The number of nitrogens with zero attached hydrogens (tertiary/aromatic N) is 3. The Morgan fingerprint density at radius 2 is 1.81 bits per heavy atom. The molecule has 196 valence electrons. The number of halogens is 3. The van der Waals surface area contributed by atoms with Crippen molar-refractivity contribution in [3.8, 4) is 0 Å². The van der Waals surface area contributed by atoms with Gasteiger partial charge in [-0.25, -0.2) is 0 Å². The zero-order chi connectivity index (χ0) is 26.4. The topological polar surface area (TPSA) is 76.5 Å². The van der Waals surface area contributed by atoms with Gasteiger partial charge in [-0.3, -0.25) is 14.3 Å². The predicted molar refractivity (Wildman–Crippen MR) is 131 cm³/mol. The van der Waals surface area contributed by atoms with E-state index in [-0.39, 0.29) is 36.9 Å². The molecule has 2 amide bonds. The number of carbonyl (C=O) groups is 2. The Morgan fingerprint density at radius 3 is 2.46 bits per heavy atom. The van der Waals surface area contributed by atoms with Crippen molar-refractivity contribution in [2.45, 2.75) is 37.0 Å². The van der Waals surface area contributed by atoms with Crippen LogP contribution in [-0.2, 0) is 27.0 Å². The fourth-order valence-corrected chi connectivity index (χ4v) is 6.22. The van der Waals surface area contributed by atoms with E-state index in [0.717, 1.165) is 12.8 Å². The van der Waals surface area contributed by atoms with Gasteiger partial charge in [-0.05, 0) is 35.1 Å². The number of aromatic nitrogens is 2. The van der Waals surface area contributed by atoms with Gasteiger partial charge in [-0.1, -0.05) is 42.5 Å². The number of benzene rings is 2. The van der Waals surface area contributed by atoms with Gasteiger partial charge in [0.05, 0.1) is 0 Å². The van der Waals surface area contributed by atoms with Crippen LogP contribution in [0.3, 0.4) is 0 Å². The molecule has 0 aliphatic carbocycles. The zero-order valence-corrected chi connectivity index (χ0v) is 20.7. The lowest BCUT2D eigenvalue weighted by Gasteiger charge is -2.50. The van der Waals surface area contributed by atoms with Crippen molar-refractivity contribution in [1.82, 2.24) is 20.0 Å². The average molecular weight is 515 g/mol. The number of methoxy groups -OCH3 is 1. The Bertz CT molecular complexity index is 1320. The van der Waals surface area contributed by atoms with Crippen molar-refractivity contribution in [3.05, 3.63) is 66.0 Å². The molecular weight excluding hydrogens is 485 g/mol. The first kappa shape index (κ1) is 25.3. The van der Waals surface area contributed by atoms with Crippen LogP contribution in [0.4, 0.5) is 13.2 Å². The van der Waals surface area contributed by atoms with Crippen LogP contribution in [0.2, 0.25) is 0 Å². The molecule has 7 nitrogen and oxygen atoms in total. The number of nitrogens with one attached hydrogen (secondary N) is 1. The van der Waals surface area contributed by atoms with E-state index in [4.69, 9.17) is 4.74 Å². The highest BCUT2D eigenvalue weighted by molar-refractivity contribution is 5.95. The zero-order valence-electron chi connectivity index (χ0n) is 20.7. The number of likely N-dealkylation sites (tertiary alicyclic amines) is 1. The third-order valence-corrected chi connectivity index (χ3v) is 8.19. The molecule has 0 saturated carbocycles. The Labute approximate surface area is 212 Å². The standard InChI is InChI=1S/C27H29F3N4O3/c1-33-22(10-13-32-33)21-17-31-23(35)16-25(21)11-14-34(15-12-25)24(36)26(37-2,27(28,29)30)20-9-5-7-18-6-3-4-8-19(18)20/h3-10,13,21H,11-12,14-17H2,1-2H3,(H,31,35)/t21-,26-/m0/s1. The van der Waals surface area contributed by atoms with Gasteiger partial charge in [-0.15, -0.1) is 0 Å². The first-order chi connectivity index (χ1) is 17.6. The van der Waals surface area contributed by atoms with Crippen LogP contribution in [0.1, 0.15) is 36.4 Å². The third-order valence-electron chi connectivity index (χ3n) is 8.19. The highest BCUT2D eigenvalue weighted by atomic mass is 19.4. The monoisotopic (exact) mass is 514 g/mol. The molecule has 1 aromatic heterocycles. The molecule has 2 fully saturated rings. The second-order valence-electron chi connectivity index (χ2n) is 9.98. The van der Waals surface area contributed by atoms with Gasteiger partial charge < -0.3 is 15.0 Å². The molecule has 10 heteroatoms. The fraction of sp³-hybridized carbons (Fsp3) is 0.444. The Hall–Kier alpha value is -3.40. The number of ether oxygens (including phenoxy) is 1. The van der Waals surface area contributed by atoms with E-state index in [1.807, 2.05) is 13.1 Å². The van der Waals surface area contributed by atoms with Crippen molar-refractivity contribution in [1.29, 1.82) is 0 Å². The maximum absolute atomic E-state index is 14.9. The molecule has 3 aromatic rings. The van der Waals surface area contributed by atoms with Crippen LogP contribution in [0.25, 0.3) is 10.8 Å². The maximum atomic E-state index is 14.9. The molecule has 37 heavy (non-hydrogen) atoms. The molecule has 3 heterocycles. The Balaban J connectivity index is 1.49. The van der Waals surface area contributed by atoms with Crippen molar-refractivity contribution in [2.75, 3.05) is 26.7 Å². The largest absolute Gasteiger partial charge is 0.431 e. The molecule has 2 aromatic carbocycles. The number of carbonyl (C=O) groups excluding carboxylic acids is 2. The van der Waals surface area contributed by atoms with Gasteiger partial charge in [0.1, 0.15) is 0 Å². The summed E-state index contributed by atoms with van der Waals surface area (Å²) >= 11 is 0. The molecule has 2 saturated heterocycles. The van der Waals surface area contributed by atoms with Crippen LogP contribution < -0.4 is 5.32 Å². The lowest BCUT2D eigenvalue weighted by Crippen LogP contribution is -2.60. The number of amides is 2. The molecule has 2 aliphatic rings. The van der Waals surface area contributed by atoms with Gasteiger partial charge in [0.2, 0.25) is 5.91 Å². The second kappa shape index (κ2) is 9.16. The first-order valence-electron chi connectivity index (χ1n) is 12.3. The summed E-state index contributed by atoms with van der Waals surface area (Å²) in [6.07, 6.45) is -2.26. The summed E-state index contributed by atoms with van der Waals surface area (Å²) in [6.45, 7) is 0.603. The predicted octanol–water partition coefficient (Wildman–Crippen LogP) is 3.89. The second-order valence-corrected chi connectivity index (χ2v) is 9.98. The number of fused-ring (bicyclic) bond motifs is 1. The van der Waals surface area contributed by atoms with E-state index in [1.54, 1.807) is 41.2 Å². The van der Waals surface area contributed by atoms with E-state index in [1.165, 1.54) is 17.0 Å². The molecule has 2 atom stereocenters. The summed E-state index contributed by atoms with van der Waals surface area (Å²) in [7, 11) is 2.76. The van der Waals surface area contributed by atoms with Crippen molar-refractivity contribution in [2.24, 2.45) is 12.5 Å². The van der Waals surface area contributed by atoms with Crippen LogP contribution in [0.5, 0.6) is 0 Å². The number of rotatable bonds is 4. The van der Waals surface area contributed by atoms with E-state index in [2.05, 4.69) is 10.4 Å². The summed E-state index contributed by atoms with van der Waals surface area (Å²) in [5, 5.41) is 8.07. The molecule has 5 rings (SSSR count). The summed E-state index contributed by atoms with van der Waals surface area (Å²) in [4.78, 5) is 27.5. The third kappa shape index (κ3) is 3.98. The van der Waals surface area contributed by atoms with Crippen LogP contribution in [0, 0.1) is 5.41 Å². The van der Waals surface area contributed by atoms with Gasteiger partial charge >= 0.3 is 6.18 Å². The van der Waals surface area contributed by atoms with Crippen molar-refractivity contribution >= 4 is 22.6 Å². The number of piperidine rings is 2. The highest BCUT2D eigenvalue weighted by Crippen LogP contribution is 2.51. The minimum absolute atomic E-state index is 0.0529. The van der Waals surface area contributed by atoms with E-state index in [0.29, 0.717) is 30.2 Å². The molecule has 2 aliphatic heterocycles. The van der Waals surface area contributed by atoms with E-state index in [9.17, 15) is 22.8 Å². The smallest absolute Gasteiger partial charge is 0.356 e. The summed E-state index contributed by atoms with van der Waals surface area (Å²) in [5.41, 5.74) is -2.89. The van der Waals surface area contributed by atoms with Crippen molar-refractivity contribution < 1.29 is 27.5 Å². The number of hydrogen-bond donors (Lipinski definition) is 1. The summed E-state index contributed by atoms with van der Waals surface area (Å²) in [5.74, 6) is -1.27. The van der Waals surface area contributed by atoms with Crippen LogP contribution in [0.15, 0.2) is 54.7 Å². The molecular formula is C27H29F3N4O3. The van der Waals surface area contributed by atoms with Gasteiger partial charge in [0, 0.05) is 63.6 Å². The summed E-state index contributed by atoms with van der Waals surface area (Å²) in [6, 6.07) is 13.1. The number of alkyl halides is 3. The average Bonchev–Trinajstić information content (AvgIpc) is 3.30. The molecule has 0 bridgehead atoms. The van der Waals surface area contributed by atoms with Crippen LogP contribution >= 0.6 is 0 Å². The van der Waals surface area contributed by atoms with Crippen molar-refractivity contribution in [3.63, 3.8) is 0 Å². The Kier molecular flexibility index (Phi) is 6.26. The number of aryl methyl sites for hydroxylation is 1. The fourth-order valence-electron chi connectivity index (χ4n) is 6.22. The highest BCUT2D eigenvalue weighted by Gasteiger charge is 2.65. The van der Waals surface area contributed by atoms with Gasteiger partial charge in [0.25, 0.3) is 11.5 Å². The van der Waals surface area contributed by atoms with E-state index < -0.39 is 23.1 Å². The quantitative estimate of drug-likeness (QED) is 0.573. The normalized spacial score (nSPS) is 21.6. The molecule has 0 radical (unpaired) electrons. The SMILES string of the molecule is CO[C@](C(=O)N1CCC2(CC1)CC(=O)NC[C@H]2c1ccnn1C)(c1cccc2ccccc12)C(F)(F)F. The summed E-state index contributed by atoms with van der Waals surface area (Å²) < 4.78 is 51.5. The molecule has 0 unspecified atom stereocenters. The first-order valence-corrected chi connectivity index (χ1v) is 12.3. The minimum atomic E-state index is -5.00. The Morgan fingerprint density at radius 1 is 1.11 bits per heavy atom. The molecule has 1 N–H and O–H groups in total. The lowest BCUT2D eigenvalue weighted by atomic mass is 9.63. The minimum Gasteiger partial charge on any atom is -0.356 e. The molecule has 1 spiro atoms. The van der Waals surface area contributed by atoms with E-state index >= 15 is 0 Å². The number of hydrogen-bond acceptors (Lipinski definition) is 4. The van der Waals surface area contributed by atoms with Gasteiger partial charge in [0.15, 0.2) is 0 Å². The van der Waals surface area contributed by atoms with Crippen LogP contribution in [-0.4, -0.2) is 59.4 Å².